The number of rotatable bonds is 6. The van der Waals surface area contributed by atoms with Crippen molar-refractivity contribution in [2.45, 2.75) is 35.1 Å². The van der Waals surface area contributed by atoms with Gasteiger partial charge in [0.2, 0.25) is 17.7 Å². The molecule has 0 spiro atoms. The lowest BCUT2D eigenvalue weighted by atomic mass is 9.82. The summed E-state index contributed by atoms with van der Waals surface area (Å²) in [7, 11) is 1.39. The third kappa shape index (κ3) is 5.91. The SMILES string of the molecule is COc1ccccc1C1c2sc(=O)n(CC(=O)Nc3cccc(C(F)(F)F)c3)c2SC2C(=O)N(c3cccc(C(F)(F)F)c3)C(=O)C21. The van der Waals surface area contributed by atoms with Crippen LogP contribution in [0.2, 0.25) is 0 Å². The van der Waals surface area contributed by atoms with Gasteiger partial charge in [0.1, 0.15) is 17.5 Å². The second kappa shape index (κ2) is 11.9. The van der Waals surface area contributed by atoms with Crippen molar-refractivity contribution in [1.29, 1.82) is 0 Å². The summed E-state index contributed by atoms with van der Waals surface area (Å²) in [5.41, 5.74) is -2.05. The van der Waals surface area contributed by atoms with Crippen LogP contribution in [0.15, 0.2) is 82.6 Å². The smallest absolute Gasteiger partial charge is 0.416 e. The zero-order valence-corrected chi connectivity index (χ0v) is 25.5. The standard InChI is InChI=1S/C31H21F6N3O5S2/c1-45-20-11-3-2-10-19(20)22-23-24(27(43)40(26(23)42)18-9-5-7-16(13-18)31(35,36)37)46-28-25(22)47-29(44)39(28)14-21(41)38-17-8-4-6-15(12-17)30(32,33)34/h2-13,22-24H,14H2,1H3,(H,38,41). The van der Waals surface area contributed by atoms with Crippen LogP contribution >= 0.6 is 23.1 Å². The van der Waals surface area contributed by atoms with Gasteiger partial charge in [-0.2, -0.15) is 26.3 Å². The minimum absolute atomic E-state index is 0.158. The summed E-state index contributed by atoms with van der Waals surface area (Å²) in [5.74, 6) is -4.22. The fourth-order valence-electron chi connectivity index (χ4n) is 5.71. The number of nitrogens with one attached hydrogen (secondary N) is 1. The van der Waals surface area contributed by atoms with Crippen LogP contribution in [0.5, 0.6) is 5.75 Å². The number of halogens is 6. The second-order valence-electron chi connectivity index (χ2n) is 10.6. The number of fused-ring (bicyclic) bond motifs is 2. The van der Waals surface area contributed by atoms with Crippen LogP contribution in [-0.2, 0) is 33.3 Å². The highest BCUT2D eigenvalue weighted by molar-refractivity contribution is 8.00. The van der Waals surface area contributed by atoms with Gasteiger partial charge in [0.15, 0.2) is 0 Å². The summed E-state index contributed by atoms with van der Waals surface area (Å²) < 4.78 is 86.7. The minimum atomic E-state index is -4.74. The summed E-state index contributed by atoms with van der Waals surface area (Å²) in [4.78, 5) is 54.6. The number of hydrogen-bond acceptors (Lipinski definition) is 7. The first-order valence-electron chi connectivity index (χ1n) is 13.7. The average Bonchev–Trinajstić information content (AvgIpc) is 3.46. The van der Waals surface area contributed by atoms with Crippen LogP contribution in [0, 0.1) is 5.92 Å². The fourth-order valence-corrected chi connectivity index (χ4v) is 8.47. The Morgan fingerprint density at radius 1 is 0.872 bits per heavy atom. The Morgan fingerprint density at radius 3 is 2.21 bits per heavy atom. The van der Waals surface area contributed by atoms with Crippen LogP contribution in [0.25, 0.3) is 0 Å². The molecule has 1 fully saturated rings. The van der Waals surface area contributed by atoms with Crippen molar-refractivity contribution in [2.75, 3.05) is 17.3 Å². The molecule has 6 rings (SSSR count). The molecule has 3 amide bonds. The van der Waals surface area contributed by atoms with Gasteiger partial charge in [0.25, 0.3) is 0 Å². The lowest BCUT2D eigenvalue weighted by Gasteiger charge is -2.31. The van der Waals surface area contributed by atoms with E-state index in [4.69, 9.17) is 4.74 Å². The Kier molecular flexibility index (Phi) is 8.20. The molecule has 3 aromatic carbocycles. The molecule has 3 atom stereocenters. The van der Waals surface area contributed by atoms with E-state index < -0.39 is 69.7 Å². The van der Waals surface area contributed by atoms with Crippen molar-refractivity contribution < 1.29 is 45.5 Å². The zero-order valence-electron chi connectivity index (χ0n) is 23.9. The van der Waals surface area contributed by atoms with Crippen molar-refractivity contribution in [3.05, 3.63) is 104 Å². The average molecular weight is 694 g/mol. The first kappa shape index (κ1) is 32.4. The summed E-state index contributed by atoms with van der Waals surface area (Å²) >= 11 is 1.55. The largest absolute Gasteiger partial charge is 0.496 e. The van der Waals surface area contributed by atoms with Gasteiger partial charge in [-0.1, -0.05) is 53.4 Å². The Hall–Kier alpha value is -4.57. The summed E-state index contributed by atoms with van der Waals surface area (Å²) in [6.07, 6.45) is -9.39. The molecule has 0 bridgehead atoms. The Balaban J connectivity index is 1.41. The highest BCUT2D eigenvalue weighted by atomic mass is 32.2. The molecule has 0 radical (unpaired) electrons. The van der Waals surface area contributed by atoms with Gasteiger partial charge < -0.3 is 10.1 Å². The fraction of sp³-hybridized carbons (Fsp3) is 0.226. The number of ether oxygens (including phenoxy) is 1. The quantitative estimate of drug-likeness (QED) is 0.186. The molecule has 1 N–H and O–H groups in total. The normalized spacial score (nSPS) is 19.4. The lowest BCUT2D eigenvalue weighted by Crippen LogP contribution is -2.33. The maximum Gasteiger partial charge on any atom is 0.416 e. The maximum atomic E-state index is 14.0. The number of para-hydroxylation sites is 1. The molecule has 0 saturated carbocycles. The highest BCUT2D eigenvalue weighted by Gasteiger charge is 2.57. The van der Waals surface area contributed by atoms with Gasteiger partial charge in [-0.05, 0) is 42.5 Å². The highest BCUT2D eigenvalue weighted by Crippen LogP contribution is 2.55. The number of hydrogen-bond donors (Lipinski definition) is 1. The van der Waals surface area contributed by atoms with E-state index >= 15 is 0 Å². The van der Waals surface area contributed by atoms with Crippen LogP contribution in [0.3, 0.4) is 0 Å². The van der Waals surface area contributed by atoms with Crippen LogP contribution < -0.4 is 19.8 Å². The van der Waals surface area contributed by atoms with E-state index in [-0.39, 0.29) is 16.4 Å². The van der Waals surface area contributed by atoms with Crippen molar-refractivity contribution >= 4 is 52.2 Å². The number of benzene rings is 3. The number of amides is 3. The molecule has 3 heterocycles. The van der Waals surface area contributed by atoms with E-state index in [9.17, 15) is 45.5 Å². The third-order valence-corrected chi connectivity index (χ3v) is 10.3. The molecule has 1 aromatic heterocycles. The number of thiazole rings is 1. The number of aromatic nitrogens is 1. The Morgan fingerprint density at radius 2 is 1.53 bits per heavy atom. The van der Waals surface area contributed by atoms with Gasteiger partial charge in [-0.25, -0.2) is 4.90 Å². The molecule has 1 saturated heterocycles. The van der Waals surface area contributed by atoms with Crippen LogP contribution in [0.4, 0.5) is 37.7 Å². The van der Waals surface area contributed by atoms with Gasteiger partial charge in [0.05, 0.1) is 34.9 Å². The molecule has 4 aromatic rings. The maximum absolute atomic E-state index is 14.0. The predicted molar refractivity (Wildman–Crippen MR) is 161 cm³/mol. The van der Waals surface area contributed by atoms with Gasteiger partial charge in [0, 0.05) is 22.0 Å². The minimum Gasteiger partial charge on any atom is -0.496 e. The lowest BCUT2D eigenvalue weighted by molar-refractivity contribution is -0.138. The van der Waals surface area contributed by atoms with Gasteiger partial charge >= 0.3 is 17.2 Å². The van der Waals surface area contributed by atoms with Crippen molar-refractivity contribution in [3.8, 4) is 5.75 Å². The molecule has 3 unspecified atom stereocenters. The number of anilines is 2. The first-order valence-corrected chi connectivity index (χ1v) is 15.4. The van der Waals surface area contributed by atoms with E-state index in [0.29, 0.717) is 27.2 Å². The van der Waals surface area contributed by atoms with Crippen molar-refractivity contribution in [1.82, 2.24) is 4.57 Å². The van der Waals surface area contributed by atoms with Gasteiger partial charge in [-0.3, -0.25) is 23.7 Å². The Bertz CT molecular complexity index is 1970. The molecular formula is C31H21F6N3O5S2. The molecule has 16 heteroatoms. The van der Waals surface area contributed by atoms with E-state index in [0.717, 1.165) is 58.0 Å². The molecular weight excluding hydrogens is 672 g/mol. The topological polar surface area (TPSA) is 97.7 Å². The third-order valence-electron chi connectivity index (χ3n) is 7.73. The zero-order chi connectivity index (χ0) is 33.8. The number of methoxy groups -OCH3 is 1. The predicted octanol–water partition coefficient (Wildman–Crippen LogP) is 6.39. The summed E-state index contributed by atoms with van der Waals surface area (Å²) in [6, 6.07) is 14.3. The summed E-state index contributed by atoms with van der Waals surface area (Å²) in [5, 5.41) is 1.32. The second-order valence-corrected chi connectivity index (χ2v) is 12.7. The molecule has 8 nitrogen and oxygen atoms in total. The number of thioether (sulfide) groups is 1. The molecule has 47 heavy (non-hydrogen) atoms. The van der Waals surface area contributed by atoms with Crippen molar-refractivity contribution in [2.24, 2.45) is 5.92 Å². The summed E-state index contributed by atoms with van der Waals surface area (Å²) in [6.45, 7) is -0.635. The van der Waals surface area contributed by atoms with Crippen LogP contribution in [0.1, 0.15) is 27.5 Å². The van der Waals surface area contributed by atoms with E-state index in [1.165, 1.54) is 19.2 Å². The number of nitrogens with zero attached hydrogens (tertiary/aromatic N) is 2. The van der Waals surface area contributed by atoms with E-state index in [1.54, 1.807) is 24.3 Å². The van der Waals surface area contributed by atoms with E-state index in [2.05, 4.69) is 5.32 Å². The number of imide groups is 1. The molecule has 2 aliphatic heterocycles. The monoisotopic (exact) mass is 693 g/mol. The van der Waals surface area contributed by atoms with Gasteiger partial charge in [-0.15, -0.1) is 0 Å². The van der Waals surface area contributed by atoms with Crippen LogP contribution in [-0.4, -0.2) is 34.6 Å². The first-order chi connectivity index (χ1) is 22.2. The molecule has 244 valence electrons. The molecule has 2 aliphatic rings. The number of carbonyl (C=O) groups excluding carboxylic acids is 3. The van der Waals surface area contributed by atoms with Crippen molar-refractivity contribution in [3.63, 3.8) is 0 Å². The number of carbonyl (C=O) groups is 3. The van der Waals surface area contributed by atoms with E-state index in [1.807, 2.05) is 0 Å². The number of alkyl halides is 6. The Labute approximate surface area is 269 Å². The molecule has 0 aliphatic carbocycles.